The number of nitriles is 1. The van der Waals surface area contributed by atoms with Gasteiger partial charge in [0.25, 0.3) is 11.5 Å². The monoisotopic (exact) mass is 446 g/mol. The summed E-state index contributed by atoms with van der Waals surface area (Å²) in [6.07, 6.45) is 3.66. The maximum Gasteiger partial charge on any atom is 0.270 e. The molecule has 0 saturated carbocycles. The Bertz CT molecular complexity index is 987. The summed E-state index contributed by atoms with van der Waals surface area (Å²) in [5, 5.41) is 9.62. The number of hydrogen-bond acceptors (Lipinski definition) is 7. The van der Waals surface area contributed by atoms with Gasteiger partial charge in [0, 0.05) is 31.7 Å². The molecule has 0 unspecified atom stereocenters. The third kappa shape index (κ3) is 4.17. The van der Waals surface area contributed by atoms with Crippen LogP contribution in [0.4, 0.5) is 5.82 Å². The van der Waals surface area contributed by atoms with Crippen molar-refractivity contribution in [3.05, 3.63) is 31.9 Å². The molecule has 0 bridgehead atoms. The number of pyridine rings is 1. The van der Waals surface area contributed by atoms with E-state index in [1.165, 1.54) is 11.8 Å². The van der Waals surface area contributed by atoms with E-state index >= 15 is 0 Å². The molecule has 3 rings (SSSR count). The number of morpholine rings is 1. The van der Waals surface area contributed by atoms with Crippen molar-refractivity contribution in [1.29, 1.82) is 5.26 Å². The van der Waals surface area contributed by atoms with Crippen LogP contribution in [-0.4, -0.2) is 52.5 Å². The Labute approximate surface area is 186 Å². The Kier molecular flexibility index (Phi) is 7.34. The zero-order valence-corrected chi connectivity index (χ0v) is 19.2. The fraction of sp³-hybridized carbons (Fsp3) is 0.524. The molecule has 1 aromatic rings. The molecule has 2 fully saturated rings. The lowest BCUT2D eigenvalue weighted by atomic mass is 10.0. The van der Waals surface area contributed by atoms with Gasteiger partial charge in [0.2, 0.25) is 0 Å². The van der Waals surface area contributed by atoms with Crippen molar-refractivity contribution in [3.63, 3.8) is 0 Å². The number of nitrogens with zero attached hydrogens (tertiary/aromatic N) is 4. The van der Waals surface area contributed by atoms with Gasteiger partial charge in [-0.2, -0.15) is 5.26 Å². The number of thiocarbonyl (C=S) groups is 1. The summed E-state index contributed by atoms with van der Waals surface area (Å²) in [4.78, 5) is 30.2. The number of anilines is 1. The van der Waals surface area contributed by atoms with E-state index in [1.54, 1.807) is 22.5 Å². The van der Waals surface area contributed by atoms with Crippen molar-refractivity contribution in [2.75, 3.05) is 37.7 Å². The standard InChI is InChI=1S/C21H26N4O3S2/c1-4-6-7-25-20(27)17(30-21(25)29)12-15-14(3)16(13-22)19(26)24(5-2)18(15)23-8-10-28-11-9-23/h12H,4-11H2,1-3H3/b17-12-. The van der Waals surface area contributed by atoms with Gasteiger partial charge in [0.15, 0.2) is 0 Å². The largest absolute Gasteiger partial charge is 0.378 e. The quantitative estimate of drug-likeness (QED) is 0.491. The van der Waals surface area contributed by atoms with Gasteiger partial charge in [0.1, 0.15) is 21.8 Å². The Morgan fingerprint density at radius 1 is 1.27 bits per heavy atom. The van der Waals surface area contributed by atoms with Gasteiger partial charge < -0.3 is 9.64 Å². The predicted molar refractivity (Wildman–Crippen MR) is 124 cm³/mol. The third-order valence-corrected chi connectivity index (χ3v) is 6.74. The van der Waals surface area contributed by atoms with Crippen LogP contribution in [0, 0.1) is 18.3 Å². The molecule has 30 heavy (non-hydrogen) atoms. The van der Waals surface area contributed by atoms with E-state index in [2.05, 4.69) is 17.9 Å². The number of unbranched alkanes of at least 4 members (excludes halogenated alkanes) is 1. The highest BCUT2D eigenvalue weighted by Crippen LogP contribution is 2.36. The zero-order chi connectivity index (χ0) is 21.8. The number of thioether (sulfide) groups is 1. The predicted octanol–water partition coefficient (Wildman–Crippen LogP) is 2.89. The van der Waals surface area contributed by atoms with E-state index in [-0.39, 0.29) is 17.0 Å². The Morgan fingerprint density at radius 2 is 1.97 bits per heavy atom. The summed E-state index contributed by atoms with van der Waals surface area (Å²) >= 11 is 6.70. The number of amides is 1. The Balaban J connectivity index is 2.17. The second kappa shape index (κ2) is 9.77. The van der Waals surface area contributed by atoms with Crippen molar-refractivity contribution in [1.82, 2.24) is 9.47 Å². The fourth-order valence-corrected chi connectivity index (χ4v) is 4.98. The van der Waals surface area contributed by atoms with Gasteiger partial charge in [-0.1, -0.05) is 37.3 Å². The van der Waals surface area contributed by atoms with Gasteiger partial charge >= 0.3 is 0 Å². The molecule has 0 spiro atoms. The van der Waals surface area contributed by atoms with E-state index in [1.807, 2.05) is 6.92 Å². The molecule has 160 valence electrons. The lowest BCUT2D eigenvalue weighted by Gasteiger charge is -2.33. The van der Waals surface area contributed by atoms with E-state index in [0.717, 1.165) is 24.2 Å². The first-order valence-corrected chi connectivity index (χ1v) is 11.4. The number of aromatic nitrogens is 1. The minimum Gasteiger partial charge on any atom is -0.378 e. The molecule has 0 N–H and O–H groups in total. The molecule has 3 heterocycles. The van der Waals surface area contributed by atoms with Gasteiger partial charge in [-0.05, 0) is 31.9 Å². The topological polar surface area (TPSA) is 78.6 Å². The molecule has 9 heteroatoms. The van der Waals surface area contributed by atoms with Crippen molar-refractivity contribution in [3.8, 4) is 6.07 Å². The maximum atomic E-state index is 13.0. The van der Waals surface area contributed by atoms with E-state index in [9.17, 15) is 14.9 Å². The molecule has 2 aliphatic rings. The Hall–Kier alpha value is -2.15. The summed E-state index contributed by atoms with van der Waals surface area (Å²) in [5.74, 6) is 0.625. The first-order valence-electron chi connectivity index (χ1n) is 10.2. The smallest absolute Gasteiger partial charge is 0.270 e. The fourth-order valence-electron chi connectivity index (χ4n) is 3.69. The summed E-state index contributed by atoms with van der Waals surface area (Å²) in [6, 6.07) is 2.06. The number of rotatable bonds is 6. The summed E-state index contributed by atoms with van der Waals surface area (Å²) in [5.41, 5.74) is 1.13. The summed E-state index contributed by atoms with van der Waals surface area (Å²) < 4.78 is 7.65. The van der Waals surface area contributed by atoms with Crippen molar-refractivity contribution in [2.45, 2.75) is 40.2 Å². The lowest BCUT2D eigenvalue weighted by Crippen LogP contribution is -2.41. The molecule has 2 saturated heterocycles. The average molecular weight is 447 g/mol. The molecule has 1 amide bonds. The summed E-state index contributed by atoms with van der Waals surface area (Å²) in [7, 11) is 0. The molecule has 0 aromatic carbocycles. The van der Waals surface area contributed by atoms with Crippen LogP contribution < -0.4 is 10.5 Å². The molecule has 0 aliphatic carbocycles. The molecular weight excluding hydrogens is 420 g/mol. The van der Waals surface area contributed by atoms with Crippen LogP contribution in [-0.2, 0) is 16.1 Å². The maximum absolute atomic E-state index is 13.0. The number of hydrogen-bond donors (Lipinski definition) is 0. The second-order valence-corrected chi connectivity index (χ2v) is 8.86. The van der Waals surface area contributed by atoms with Crippen LogP contribution in [0.3, 0.4) is 0 Å². The molecule has 2 aliphatic heterocycles. The normalized spacial score (nSPS) is 18.4. The number of carbonyl (C=O) groups excluding carboxylic acids is 1. The highest BCUT2D eigenvalue weighted by atomic mass is 32.2. The highest BCUT2D eigenvalue weighted by Gasteiger charge is 2.33. The molecule has 1 aromatic heterocycles. The third-order valence-electron chi connectivity index (χ3n) is 5.36. The zero-order valence-electron chi connectivity index (χ0n) is 17.6. The highest BCUT2D eigenvalue weighted by molar-refractivity contribution is 8.26. The van der Waals surface area contributed by atoms with Crippen molar-refractivity contribution >= 4 is 46.1 Å². The number of ether oxygens (including phenoxy) is 1. The SMILES string of the molecule is CCCCN1C(=O)/C(=C/c2c(C)c(C#N)c(=O)n(CC)c2N2CCOCC2)SC1=S. The van der Waals surface area contributed by atoms with Crippen LogP contribution in [0.15, 0.2) is 9.70 Å². The van der Waals surface area contributed by atoms with Crippen LogP contribution in [0.2, 0.25) is 0 Å². The first kappa shape index (κ1) is 22.5. The lowest BCUT2D eigenvalue weighted by molar-refractivity contribution is -0.122. The van der Waals surface area contributed by atoms with Crippen LogP contribution in [0.1, 0.15) is 43.4 Å². The minimum absolute atomic E-state index is 0.112. The van der Waals surface area contributed by atoms with Crippen LogP contribution in [0.25, 0.3) is 6.08 Å². The number of carbonyl (C=O) groups is 1. The van der Waals surface area contributed by atoms with Gasteiger partial charge in [-0.25, -0.2) is 0 Å². The van der Waals surface area contributed by atoms with Crippen molar-refractivity contribution < 1.29 is 9.53 Å². The molecule has 0 radical (unpaired) electrons. The van der Waals surface area contributed by atoms with E-state index in [4.69, 9.17) is 17.0 Å². The van der Waals surface area contributed by atoms with Crippen LogP contribution in [0.5, 0.6) is 0 Å². The van der Waals surface area contributed by atoms with E-state index < -0.39 is 0 Å². The Morgan fingerprint density at radius 3 is 2.57 bits per heavy atom. The van der Waals surface area contributed by atoms with Crippen LogP contribution >= 0.6 is 24.0 Å². The van der Waals surface area contributed by atoms with Gasteiger partial charge in [0.05, 0.1) is 18.1 Å². The van der Waals surface area contributed by atoms with Gasteiger partial charge in [-0.15, -0.1) is 0 Å². The van der Waals surface area contributed by atoms with Crippen molar-refractivity contribution in [2.24, 2.45) is 0 Å². The van der Waals surface area contributed by atoms with E-state index in [0.29, 0.717) is 54.2 Å². The molecular formula is C21H26N4O3S2. The molecule has 0 atom stereocenters. The minimum atomic E-state index is -0.299. The summed E-state index contributed by atoms with van der Waals surface area (Å²) in [6.45, 7) is 9.17. The van der Waals surface area contributed by atoms with Gasteiger partial charge in [-0.3, -0.25) is 19.1 Å². The second-order valence-electron chi connectivity index (χ2n) is 7.18. The first-order chi connectivity index (χ1) is 14.4. The average Bonchev–Trinajstić information content (AvgIpc) is 3.01. The molecule has 7 nitrogen and oxygen atoms in total.